The maximum absolute atomic E-state index is 13.9. The first-order valence-corrected chi connectivity index (χ1v) is 6.57. The van der Waals surface area contributed by atoms with Gasteiger partial charge in [0.15, 0.2) is 11.6 Å². The molecule has 0 saturated carbocycles. The molecule has 1 heterocycles. The maximum atomic E-state index is 13.9. The summed E-state index contributed by atoms with van der Waals surface area (Å²) in [4.78, 5) is 4.14. The highest BCUT2D eigenvalue weighted by molar-refractivity contribution is 9.10. The standard InChI is InChI=1S/C14H8BrF2N3/c15-9-6-10(16)12(11(17)7-9)14-18-13(19-20-14)8-4-2-1-3-5-8/h1-7H,(H,18,19,20). The molecule has 3 nitrogen and oxygen atoms in total. The minimum absolute atomic E-state index is 0.0614. The van der Waals surface area contributed by atoms with Gasteiger partial charge in [-0.1, -0.05) is 46.3 Å². The quantitative estimate of drug-likeness (QED) is 0.763. The monoisotopic (exact) mass is 335 g/mol. The first-order valence-electron chi connectivity index (χ1n) is 5.78. The number of benzene rings is 2. The summed E-state index contributed by atoms with van der Waals surface area (Å²) >= 11 is 3.04. The van der Waals surface area contributed by atoms with Crippen molar-refractivity contribution < 1.29 is 8.78 Å². The van der Waals surface area contributed by atoms with Gasteiger partial charge in [-0.15, -0.1) is 0 Å². The van der Waals surface area contributed by atoms with Crippen molar-refractivity contribution in [3.8, 4) is 22.8 Å². The van der Waals surface area contributed by atoms with Crippen molar-refractivity contribution in [2.45, 2.75) is 0 Å². The van der Waals surface area contributed by atoms with Crippen molar-refractivity contribution in [2.75, 3.05) is 0 Å². The molecule has 2 aromatic carbocycles. The summed E-state index contributed by atoms with van der Waals surface area (Å²) in [6.45, 7) is 0. The zero-order valence-corrected chi connectivity index (χ0v) is 11.7. The van der Waals surface area contributed by atoms with Crippen molar-refractivity contribution in [1.82, 2.24) is 15.2 Å². The third-order valence-electron chi connectivity index (χ3n) is 2.76. The molecule has 0 radical (unpaired) electrons. The lowest BCUT2D eigenvalue weighted by atomic mass is 10.2. The van der Waals surface area contributed by atoms with E-state index in [4.69, 9.17) is 0 Å². The van der Waals surface area contributed by atoms with E-state index in [1.807, 2.05) is 30.3 Å². The van der Waals surface area contributed by atoms with Crippen LogP contribution in [0, 0.1) is 11.6 Å². The fraction of sp³-hybridized carbons (Fsp3) is 0. The summed E-state index contributed by atoms with van der Waals surface area (Å²) in [5, 5.41) is 6.55. The third kappa shape index (κ3) is 2.34. The van der Waals surface area contributed by atoms with Crippen LogP contribution < -0.4 is 0 Å². The molecule has 6 heteroatoms. The van der Waals surface area contributed by atoms with Crippen molar-refractivity contribution in [3.05, 3.63) is 58.6 Å². The Labute approximate surface area is 121 Å². The van der Waals surface area contributed by atoms with Gasteiger partial charge in [-0.2, -0.15) is 5.10 Å². The molecule has 0 aliphatic heterocycles. The molecular formula is C14H8BrF2N3. The zero-order chi connectivity index (χ0) is 14.1. The van der Waals surface area contributed by atoms with Crippen molar-refractivity contribution >= 4 is 15.9 Å². The summed E-state index contributed by atoms with van der Waals surface area (Å²) in [6, 6.07) is 11.6. The Kier molecular flexibility index (Phi) is 3.31. The van der Waals surface area contributed by atoms with Crippen molar-refractivity contribution in [1.29, 1.82) is 0 Å². The number of aromatic nitrogens is 3. The Morgan fingerprint density at radius 2 is 1.65 bits per heavy atom. The molecule has 1 aromatic heterocycles. The second-order valence-corrected chi connectivity index (χ2v) is 5.03. The molecule has 0 fully saturated rings. The number of aromatic amines is 1. The summed E-state index contributed by atoms with van der Waals surface area (Å²) < 4.78 is 28.0. The lowest BCUT2D eigenvalue weighted by molar-refractivity contribution is 0.586. The highest BCUT2D eigenvalue weighted by Gasteiger charge is 2.17. The van der Waals surface area contributed by atoms with Crippen molar-refractivity contribution in [2.24, 2.45) is 0 Å². The van der Waals surface area contributed by atoms with Gasteiger partial charge in [0.2, 0.25) is 0 Å². The molecule has 3 aromatic rings. The van der Waals surface area contributed by atoms with E-state index in [0.717, 1.165) is 5.56 Å². The molecule has 20 heavy (non-hydrogen) atoms. The van der Waals surface area contributed by atoms with Crippen LogP contribution in [0.5, 0.6) is 0 Å². The molecule has 0 unspecified atom stereocenters. The van der Waals surface area contributed by atoms with Gasteiger partial charge in [-0.25, -0.2) is 13.8 Å². The van der Waals surface area contributed by atoms with Crippen LogP contribution in [0.1, 0.15) is 0 Å². The molecule has 1 N–H and O–H groups in total. The predicted molar refractivity (Wildman–Crippen MR) is 74.9 cm³/mol. The van der Waals surface area contributed by atoms with Gasteiger partial charge in [-0.3, -0.25) is 5.10 Å². The van der Waals surface area contributed by atoms with Crippen LogP contribution in [0.2, 0.25) is 0 Å². The minimum Gasteiger partial charge on any atom is -0.258 e. The number of halogens is 3. The first-order chi connectivity index (χ1) is 9.65. The lowest BCUT2D eigenvalue weighted by Crippen LogP contribution is -1.92. The van der Waals surface area contributed by atoms with Gasteiger partial charge >= 0.3 is 0 Å². The van der Waals surface area contributed by atoms with E-state index in [0.29, 0.717) is 10.3 Å². The van der Waals surface area contributed by atoms with E-state index in [1.54, 1.807) is 0 Å². The van der Waals surface area contributed by atoms with E-state index in [-0.39, 0.29) is 11.4 Å². The molecule has 0 aliphatic rings. The largest absolute Gasteiger partial charge is 0.258 e. The van der Waals surface area contributed by atoms with Gasteiger partial charge in [0.25, 0.3) is 0 Å². The Balaban J connectivity index is 2.07. The van der Waals surface area contributed by atoms with Gasteiger partial charge in [0, 0.05) is 10.0 Å². The number of H-pyrrole nitrogens is 1. The van der Waals surface area contributed by atoms with Crippen LogP contribution in [0.25, 0.3) is 22.8 Å². The van der Waals surface area contributed by atoms with E-state index in [9.17, 15) is 8.78 Å². The van der Waals surface area contributed by atoms with E-state index in [2.05, 4.69) is 31.1 Å². The number of nitrogens with one attached hydrogen (secondary N) is 1. The van der Waals surface area contributed by atoms with Crippen LogP contribution in [0.3, 0.4) is 0 Å². The van der Waals surface area contributed by atoms with Crippen LogP contribution >= 0.6 is 15.9 Å². The summed E-state index contributed by atoms with van der Waals surface area (Å²) in [7, 11) is 0. The molecule has 0 amide bonds. The Bertz CT molecular complexity index is 733. The van der Waals surface area contributed by atoms with E-state index < -0.39 is 11.6 Å². The first kappa shape index (κ1) is 12.9. The highest BCUT2D eigenvalue weighted by Crippen LogP contribution is 2.27. The topological polar surface area (TPSA) is 41.6 Å². The molecule has 0 bridgehead atoms. The maximum Gasteiger partial charge on any atom is 0.181 e. The average Bonchev–Trinajstić information content (AvgIpc) is 2.88. The number of rotatable bonds is 2. The molecule has 0 saturated heterocycles. The summed E-state index contributed by atoms with van der Waals surface area (Å²) in [5.74, 6) is -0.950. The van der Waals surface area contributed by atoms with Gasteiger partial charge < -0.3 is 0 Å². The number of hydrogen-bond acceptors (Lipinski definition) is 2. The molecular weight excluding hydrogens is 328 g/mol. The number of nitrogens with zero attached hydrogens (tertiary/aromatic N) is 2. The van der Waals surface area contributed by atoms with Crippen molar-refractivity contribution in [3.63, 3.8) is 0 Å². The molecule has 0 aliphatic carbocycles. The Morgan fingerprint density at radius 3 is 2.30 bits per heavy atom. The van der Waals surface area contributed by atoms with Crippen LogP contribution in [0.4, 0.5) is 8.78 Å². The molecule has 100 valence electrons. The molecule has 0 atom stereocenters. The fourth-order valence-corrected chi connectivity index (χ4v) is 2.26. The Hall–Kier alpha value is -2.08. The summed E-state index contributed by atoms with van der Waals surface area (Å²) in [6.07, 6.45) is 0. The van der Waals surface area contributed by atoms with Crippen LogP contribution in [0.15, 0.2) is 46.9 Å². The SMILES string of the molecule is Fc1cc(Br)cc(F)c1-c1nc(-c2ccccc2)n[nH]1. The predicted octanol–water partition coefficient (Wildman–Crippen LogP) is 4.18. The number of hydrogen-bond donors (Lipinski definition) is 1. The zero-order valence-electron chi connectivity index (χ0n) is 10.1. The molecule has 0 spiro atoms. The normalized spacial score (nSPS) is 10.8. The smallest absolute Gasteiger partial charge is 0.181 e. The van der Waals surface area contributed by atoms with Crippen LogP contribution in [-0.4, -0.2) is 15.2 Å². The second kappa shape index (κ2) is 5.13. The average molecular weight is 336 g/mol. The Morgan fingerprint density at radius 1 is 1.00 bits per heavy atom. The fourth-order valence-electron chi connectivity index (χ4n) is 1.86. The van der Waals surface area contributed by atoms with Gasteiger partial charge in [-0.05, 0) is 12.1 Å². The molecule has 3 rings (SSSR count). The van der Waals surface area contributed by atoms with E-state index >= 15 is 0 Å². The summed E-state index contributed by atoms with van der Waals surface area (Å²) in [5.41, 5.74) is 0.552. The van der Waals surface area contributed by atoms with Gasteiger partial charge in [0.1, 0.15) is 11.6 Å². The minimum atomic E-state index is -0.701. The third-order valence-corrected chi connectivity index (χ3v) is 3.22. The van der Waals surface area contributed by atoms with E-state index in [1.165, 1.54) is 12.1 Å². The second-order valence-electron chi connectivity index (χ2n) is 4.12. The lowest BCUT2D eigenvalue weighted by Gasteiger charge is -2.01. The van der Waals surface area contributed by atoms with Crippen LogP contribution in [-0.2, 0) is 0 Å². The highest BCUT2D eigenvalue weighted by atomic mass is 79.9. The van der Waals surface area contributed by atoms with Gasteiger partial charge in [0.05, 0.1) is 5.56 Å².